The van der Waals surface area contributed by atoms with Crippen molar-refractivity contribution in [2.24, 2.45) is 0 Å². The highest BCUT2D eigenvalue weighted by Crippen LogP contribution is 2.42. The van der Waals surface area contributed by atoms with Gasteiger partial charge >= 0.3 is 12.1 Å². The summed E-state index contributed by atoms with van der Waals surface area (Å²) in [7, 11) is -4.60. The van der Waals surface area contributed by atoms with Crippen molar-refractivity contribution < 1.29 is 49.7 Å². The number of hydrogen-bond donors (Lipinski definition) is 1. The van der Waals surface area contributed by atoms with Crippen molar-refractivity contribution in [3.63, 3.8) is 0 Å². The first-order chi connectivity index (χ1) is 18.2. The quantitative estimate of drug-likeness (QED) is 0.332. The second-order valence-electron chi connectivity index (χ2n) is 8.75. The number of nitrogens with zero attached hydrogens (tertiary/aromatic N) is 1. The molecule has 1 N–H and O–H groups in total. The monoisotopic (exact) mass is 571 g/mol. The third kappa shape index (κ3) is 6.41. The number of ether oxygens (including phenoxy) is 2. The van der Waals surface area contributed by atoms with Gasteiger partial charge in [0.1, 0.15) is 23.4 Å². The van der Waals surface area contributed by atoms with Gasteiger partial charge in [0.15, 0.2) is 0 Å². The van der Waals surface area contributed by atoms with Gasteiger partial charge in [0.05, 0.1) is 22.7 Å². The predicted molar refractivity (Wildman–Crippen MR) is 130 cm³/mol. The summed E-state index contributed by atoms with van der Waals surface area (Å²) in [5.41, 5.74) is -0.732. The van der Waals surface area contributed by atoms with E-state index in [0.29, 0.717) is 6.07 Å². The summed E-state index contributed by atoms with van der Waals surface area (Å²) in [6.07, 6.45) is -7.85. The van der Waals surface area contributed by atoms with Crippen molar-refractivity contribution in [2.75, 3.05) is 10.8 Å². The number of carbonyl (C=O) groups is 1. The molecule has 7 nitrogen and oxygen atoms in total. The number of rotatable bonds is 8. The number of aliphatic carboxylic acids is 1. The van der Waals surface area contributed by atoms with Crippen LogP contribution in [-0.2, 0) is 21.0 Å². The minimum Gasteiger partial charge on any atom is -0.486 e. The molecule has 0 radical (unpaired) electrons. The molecule has 0 saturated heterocycles. The van der Waals surface area contributed by atoms with Gasteiger partial charge in [-0.2, -0.15) is 13.2 Å². The van der Waals surface area contributed by atoms with Gasteiger partial charge in [0, 0.05) is 19.4 Å². The van der Waals surface area contributed by atoms with Crippen molar-refractivity contribution >= 4 is 21.7 Å². The Morgan fingerprint density at radius 2 is 1.87 bits per heavy atom. The molecule has 208 valence electrons. The van der Waals surface area contributed by atoms with Crippen LogP contribution in [-0.4, -0.2) is 38.5 Å². The highest BCUT2D eigenvalue weighted by atomic mass is 32.2. The number of halogens is 5. The van der Waals surface area contributed by atoms with Crippen LogP contribution in [0.4, 0.5) is 27.6 Å². The summed E-state index contributed by atoms with van der Waals surface area (Å²) in [5.74, 6) is -1.98. The summed E-state index contributed by atoms with van der Waals surface area (Å²) >= 11 is 0. The number of anilines is 1. The number of hydrogen-bond acceptors (Lipinski definition) is 5. The fourth-order valence-electron chi connectivity index (χ4n) is 4.10. The summed E-state index contributed by atoms with van der Waals surface area (Å²) in [4.78, 5) is 10.5. The molecule has 1 aliphatic rings. The molecule has 0 amide bonds. The van der Waals surface area contributed by atoms with Crippen LogP contribution < -0.4 is 13.8 Å². The SMILES string of the molecule is CC(F)Oc1cc(F)cc(-c2ccc3c(c2)N(S(=O)(=O)c2cccc(C(F)(F)F)c2)CC(CCC(=O)O)O3)c1. The second kappa shape index (κ2) is 10.7. The molecule has 4 rings (SSSR count). The summed E-state index contributed by atoms with van der Waals surface area (Å²) in [6, 6.07) is 10.9. The molecule has 0 bridgehead atoms. The van der Waals surface area contributed by atoms with E-state index in [4.69, 9.17) is 14.6 Å². The van der Waals surface area contributed by atoms with Crippen molar-refractivity contribution in [1.29, 1.82) is 0 Å². The van der Waals surface area contributed by atoms with E-state index < -0.39 is 50.9 Å². The van der Waals surface area contributed by atoms with Gasteiger partial charge in [-0.3, -0.25) is 9.10 Å². The molecule has 0 spiro atoms. The fourth-order valence-corrected chi connectivity index (χ4v) is 5.64. The lowest BCUT2D eigenvalue weighted by molar-refractivity contribution is -0.138. The Balaban J connectivity index is 1.81. The topological polar surface area (TPSA) is 93.1 Å². The van der Waals surface area contributed by atoms with Crippen molar-refractivity contribution in [1.82, 2.24) is 0 Å². The Labute approximate surface area is 220 Å². The van der Waals surface area contributed by atoms with Crippen molar-refractivity contribution in [2.45, 2.75) is 43.3 Å². The molecule has 0 aromatic heterocycles. The van der Waals surface area contributed by atoms with Crippen LogP contribution in [0, 0.1) is 5.82 Å². The fraction of sp³-hybridized carbons (Fsp3) is 0.269. The number of benzene rings is 3. The molecule has 13 heteroatoms. The van der Waals surface area contributed by atoms with Gasteiger partial charge in [-0.05, 0) is 60.0 Å². The van der Waals surface area contributed by atoms with Gasteiger partial charge in [0.2, 0.25) is 6.36 Å². The van der Waals surface area contributed by atoms with E-state index in [2.05, 4.69) is 0 Å². The number of alkyl halides is 4. The molecule has 2 atom stereocenters. The van der Waals surface area contributed by atoms with Crippen LogP contribution in [0.2, 0.25) is 0 Å². The van der Waals surface area contributed by atoms with E-state index in [1.54, 1.807) is 0 Å². The molecule has 3 aromatic carbocycles. The number of fused-ring (bicyclic) bond motifs is 1. The van der Waals surface area contributed by atoms with Crippen LogP contribution in [0.5, 0.6) is 11.5 Å². The Hall–Kier alpha value is -3.87. The van der Waals surface area contributed by atoms with E-state index >= 15 is 0 Å². The molecular formula is C26H22F5NO6S. The smallest absolute Gasteiger partial charge is 0.416 e. The van der Waals surface area contributed by atoms with E-state index in [0.717, 1.165) is 41.6 Å². The average Bonchev–Trinajstić information content (AvgIpc) is 2.85. The number of sulfonamides is 1. The minimum absolute atomic E-state index is 0.0289. The zero-order valence-electron chi connectivity index (χ0n) is 20.3. The van der Waals surface area contributed by atoms with Crippen molar-refractivity contribution in [3.05, 3.63) is 72.0 Å². The lowest BCUT2D eigenvalue weighted by Gasteiger charge is -2.36. The number of carboxylic acids is 1. The van der Waals surface area contributed by atoms with Gasteiger partial charge in [-0.25, -0.2) is 17.2 Å². The molecule has 1 heterocycles. The Morgan fingerprint density at radius 3 is 2.54 bits per heavy atom. The molecule has 0 saturated carbocycles. The van der Waals surface area contributed by atoms with E-state index in [-0.39, 0.29) is 47.7 Å². The van der Waals surface area contributed by atoms with Gasteiger partial charge < -0.3 is 14.6 Å². The van der Waals surface area contributed by atoms with E-state index in [1.165, 1.54) is 24.3 Å². The van der Waals surface area contributed by atoms with Crippen LogP contribution in [0.1, 0.15) is 25.3 Å². The third-order valence-electron chi connectivity index (χ3n) is 5.82. The Morgan fingerprint density at radius 1 is 1.13 bits per heavy atom. The number of carboxylic acid groups (broad SMARTS) is 1. The molecule has 0 fully saturated rings. The van der Waals surface area contributed by atoms with Gasteiger partial charge in [-0.15, -0.1) is 0 Å². The first-order valence-corrected chi connectivity index (χ1v) is 13.0. The zero-order valence-corrected chi connectivity index (χ0v) is 21.1. The third-order valence-corrected chi connectivity index (χ3v) is 7.60. The molecule has 39 heavy (non-hydrogen) atoms. The highest BCUT2D eigenvalue weighted by molar-refractivity contribution is 7.92. The van der Waals surface area contributed by atoms with E-state index in [9.17, 15) is 35.2 Å². The Bertz CT molecular complexity index is 1490. The highest BCUT2D eigenvalue weighted by Gasteiger charge is 2.37. The van der Waals surface area contributed by atoms with Crippen molar-refractivity contribution in [3.8, 4) is 22.6 Å². The lowest BCUT2D eigenvalue weighted by atomic mass is 10.0. The van der Waals surface area contributed by atoms with E-state index in [1.807, 2.05) is 0 Å². The minimum atomic E-state index is -4.79. The van der Waals surface area contributed by atoms with Crippen LogP contribution >= 0.6 is 0 Å². The molecular weight excluding hydrogens is 549 g/mol. The van der Waals surface area contributed by atoms with Gasteiger partial charge in [-0.1, -0.05) is 12.1 Å². The maximum atomic E-state index is 14.3. The summed E-state index contributed by atoms with van der Waals surface area (Å²) in [5, 5.41) is 9.05. The first-order valence-electron chi connectivity index (χ1n) is 11.6. The normalized spacial score (nSPS) is 16.3. The predicted octanol–water partition coefficient (Wildman–Crippen LogP) is 6.03. The van der Waals surface area contributed by atoms with Gasteiger partial charge in [0.25, 0.3) is 10.0 Å². The summed E-state index contributed by atoms with van der Waals surface area (Å²) < 4.78 is 106. The van der Waals surface area contributed by atoms with Crippen LogP contribution in [0.3, 0.4) is 0 Å². The second-order valence-corrected chi connectivity index (χ2v) is 10.6. The molecule has 3 aromatic rings. The maximum absolute atomic E-state index is 14.3. The molecule has 2 unspecified atom stereocenters. The standard InChI is InChI=1S/C26H22F5NO6S/c1-15(27)37-21-10-17(9-19(28)13-21)16-5-7-24-23(11-16)32(14-20(38-24)6-8-25(33)34)39(35,36)22-4-2-3-18(12-22)26(29,30)31/h2-5,7,9-13,15,20H,6,8,14H2,1H3,(H,33,34). The van der Waals surface area contributed by atoms with Crippen LogP contribution in [0.25, 0.3) is 11.1 Å². The zero-order chi connectivity index (χ0) is 28.5. The maximum Gasteiger partial charge on any atom is 0.416 e. The largest absolute Gasteiger partial charge is 0.486 e. The average molecular weight is 572 g/mol. The first kappa shape index (κ1) is 28.1. The Kier molecular flexibility index (Phi) is 7.73. The lowest BCUT2D eigenvalue weighted by Crippen LogP contribution is -2.43. The molecule has 0 aliphatic carbocycles. The molecule has 1 aliphatic heterocycles. The van der Waals surface area contributed by atoms with Crippen LogP contribution in [0.15, 0.2) is 65.6 Å². The summed E-state index contributed by atoms with van der Waals surface area (Å²) in [6.45, 7) is 0.720.